The van der Waals surface area contributed by atoms with Crippen LogP contribution < -0.4 is 5.32 Å². The lowest BCUT2D eigenvalue weighted by atomic mass is 10.00. The molecule has 2 amide bonds. The quantitative estimate of drug-likeness (QED) is 0.405. The van der Waals surface area contributed by atoms with E-state index in [2.05, 4.69) is 5.32 Å². The molecule has 5 heteroatoms. The summed E-state index contributed by atoms with van der Waals surface area (Å²) in [5, 5.41) is 3.65. The molecular formula is C29H33ClN2O2. The van der Waals surface area contributed by atoms with Crippen LogP contribution in [-0.4, -0.2) is 28.8 Å². The van der Waals surface area contributed by atoms with Gasteiger partial charge in [-0.3, -0.25) is 9.59 Å². The van der Waals surface area contributed by atoms with Crippen LogP contribution in [0.5, 0.6) is 0 Å². The molecule has 178 valence electrons. The second-order valence-electron chi connectivity index (χ2n) is 8.74. The maximum Gasteiger partial charge on any atom is 0.243 e. The molecule has 3 aromatic carbocycles. The topological polar surface area (TPSA) is 49.4 Å². The van der Waals surface area contributed by atoms with Gasteiger partial charge in [0.15, 0.2) is 0 Å². The van der Waals surface area contributed by atoms with E-state index in [9.17, 15) is 9.59 Å². The highest BCUT2D eigenvalue weighted by Crippen LogP contribution is 2.21. The van der Waals surface area contributed by atoms with Gasteiger partial charge in [-0.1, -0.05) is 91.3 Å². The summed E-state index contributed by atoms with van der Waals surface area (Å²) in [6, 6.07) is 24.6. The van der Waals surface area contributed by atoms with Crippen LogP contribution in [0.15, 0.2) is 78.9 Å². The first-order valence-electron chi connectivity index (χ1n) is 11.8. The smallest absolute Gasteiger partial charge is 0.243 e. The maximum absolute atomic E-state index is 13.8. The van der Waals surface area contributed by atoms with Crippen LogP contribution in [0.25, 0.3) is 0 Å². The number of aryl methyl sites for hydroxylation is 1. The third kappa shape index (κ3) is 6.94. The summed E-state index contributed by atoms with van der Waals surface area (Å²) in [4.78, 5) is 29.0. The molecule has 0 aliphatic heterocycles. The molecule has 0 radical (unpaired) electrons. The Labute approximate surface area is 207 Å². The van der Waals surface area contributed by atoms with Gasteiger partial charge < -0.3 is 10.2 Å². The van der Waals surface area contributed by atoms with Crippen LogP contribution in [0, 0.1) is 6.92 Å². The van der Waals surface area contributed by atoms with E-state index >= 15 is 0 Å². The summed E-state index contributed by atoms with van der Waals surface area (Å²) >= 11 is 6.37. The van der Waals surface area contributed by atoms with Gasteiger partial charge in [0.2, 0.25) is 11.8 Å². The van der Waals surface area contributed by atoms with E-state index in [1.54, 1.807) is 11.0 Å². The molecule has 3 aromatic rings. The standard InChI is InChI=1S/C29H33ClN2O2/c1-4-22(3)31-29(34)27(18-23-13-6-5-7-14-23)32(20-25-16-9-8-12-21(25)2)28(33)19-24-15-10-11-17-26(24)30/h5-17,22,27H,4,18-20H2,1-3H3,(H,31,34). The molecule has 0 bridgehead atoms. The molecule has 0 aromatic heterocycles. The number of halogens is 1. The van der Waals surface area contributed by atoms with E-state index in [0.717, 1.165) is 28.7 Å². The zero-order valence-electron chi connectivity index (χ0n) is 20.1. The first-order valence-corrected chi connectivity index (χ1v) is 12.2. The molecule has 0 spiro atoms. The predicted molar refractivity (Wildman–Crippen MR) is 139 cm³/mol. The lowest BCUT2D eigenvalue weighted by molar-refractivity contribution is -0.141. The van der Waals surface area contributed by atoms with Gasteiger partial charge in [-0.2, -0.15) is 0 Å². The monoisotopic (exact) mass is 476 g/mol. The lowest BCUT2D eigenvalue weighted by Crippen LogP contribution is -2.52. The van der Waals surface area contributed by atoms with Gasteiger partial charge in [-0.15, -0.1) is 0 Å². The molecule has 0 heterocycles. The van der Waals surface area contributed by atoms with Crippen molar-refractivity contribution in [3.05, 3.63) is 106 Å². The Kier molecular flexibility index (Phi) is 9.29. The zero-order chi connectivity index (χ0) is 24.5. The van der Waals surface area contributed by atoms with Crippen LogP contribution in [0.4, 0.5) is 0 Å². The van der Waals surface area contributed by atoms with Gasteiger partial charge in [-0.25, -0.2) is 0 Å². The number of hydrogen-bond acceptors (Lipinski definition) is 2. The molecule has 1 N–H and O–H groups in total. The highest BCUT2D eigenvalue weighted by Gasteiger charge is 2.31. The van der Waals surface area contributed by atoms with Crippen molar-refractivity contribution in [2.45, 2.75) is 58.7 Å². The summed E-state index contributed by atoms with van der Waals surface area (Å²) in [5.74, 6) is -0.268. The maximum atomic E-state index is 13.8. The van der Waals surface area contributed by atoms with Crippen molar-refractivity contribution >= 4 is 23.4 Å². The van der Waals surface area contributed by atoms with Crippen LogP contribution >= 0.6 is 11.6 Å². The fourth-order valence-corrected chi connectivity index (χ4v) is 4.07. The van der Waals surface area contributed by atoms with Gasteiger partial charge in [0.05, 0.1) is 6.42 Å². The number of carbonyl (C=O) groups is 2. The van der Waals surface area contributed by atoms with Crippen molar-refractivity contribution in [3.63, 3.8) is 0 Å². The van der Waals surface area contributed by atoms with Crippen LogP contribution in [0.3, 0.4) is 0 Å². The third-order valence-electron chi connectivity index (χ3n) is 6.17. The average Bonchev–Trinajstić information content (AvgIpc) is 2.84. The molecule has 4 nitrogen and oxygen atoms in total. The number of nitrogens with one attached hydrogen (secondary N) is 1. The van der Waals surface area contributed by atoms with E-state index in [1.807, 2.05) is 93.6 Å². The minimum atomic E-state index is -0.647. The van der Waals surface area contributed by atoms with E-state index in [-0.39, 0.29) is 24.3 Å². The Morgan fingerprint density at radius 2 is 1.53 bits per heavy atom. The molecule has 0 saturated heterocycles. The number of amides is 2. The Balaban J connectivity index is 2.00. The second kappa shape index (κ2) is 12.4. The molecular weight excluding hydrogens is 444 g/mol. The van der Waals surface area contributed by atoms with Gasteiger partial charge in [0.25, 0.3) is 0 Å². The minimum Gasteiger partial charge on any atom is -0.352 e. The minimum absolute atomic E-state index is 0.0183. The van der Waals surface area contributed by atoms with Gasteiger partial charge >= 0.3 is 0 Å². The summed E-state index contributed by atoms with van der Waals surface area (Å²) in [6.45, 7) is 6.39. The van der Waals surface area contributed by atoms with Crippen LogP contribution in [0.2, 0.25) is 5.02 Å². The van der Waals surface area contributed by atoms with E-state index < -0.39 is 6.04 Å². The summed E-state index contributed by atoms with van der Waals surface area (Å²) in [6.07, 6.45) is 1.38. The first kappa shape index (κ1) is 25.5. The number of benzene rings is 3. The van der Waals surface area contributed by atoms with Crippen LogP contribution in [0.1, 0.15) is 42.5 Å². The summed E-state index contributed by atoms with van der Waals surface area (Å²) in [7, 11) is 0. The van der Waals surface area contributed by atoms with Crippen molar-refractivity contribution in [2.75, 3.05) is 0 Å². The number of hydrogen-bond donors (Lipinski definition) is 1. The predicted octanol–water partition coefficient (Wildman–Crippen LogP) is 5.75. The highest BCUT2D eigenvalue weighted by atomic mass is 35.5. The average molecular weight is 477 g/mol. The fourth-order valence-electron chi connectivity index (χ4n) is 3.87. The lowest BCUT2D eigenvalue weighted by Gasteiger charge is -2.33. The number of carbonyl (C=O) groups excluding carboxylic acids is 2. The van der Waals surface area contributed by atoms with Crippen molar-refractivity contribution in [1.29, 1.82) is 0 Å². The molecule has 3 rings (SSSR count). The summed E-state index contributed by atoms with van der Waals surface area (Å²) in [5.41, 5.74) is 3.86. The fraction of sp³-hybridized carbons (Fsp3) is 0.310. The van der Waals surface area contributed by atoms with Gasteiger partial charge in [0.1, 0.15) is 6.04 Å². The van der Waals surface area contributed by atoms with Gasteiger partial charge in [-0.05, 0) is 48.6 Å². The largest absolute Gasteiger partial charge is 0.352 e. The molecule has 0 fully saturated rings. The van der Waals surface area contributed by atoms with Crippen molar-refractivity contribution in [2.24, 2.45) is 0 Å². The van der Waals surface area contributed by atoms with Crippen molar-refractivity contribution < 1.29 is 9.59 Å². The summed E-state index contributed by atoms with van der Waals surface area (Å²) < 4.78 is 0. The Morgan fingerprint density at radius 3 is 2.18 bits per heavy atom. The zero-order valence-corrected chi connectivity index (χ0v) is 20.9. The first-order chi connectivity index (χ1) is 16.4. The Bertz CT molecular complexity index is 1100. The molecule has 0 aliphatic rings. The second-order valence-corrected chi connectivity index (χ2v) is 9.15. The van der Waals surface area contributed by atoms with Gasteiger partial charge in [0, 0.05) is 24.0 Å². The van der Waals surface area contributed by atoms with Crippen LogP contribution in [-0.2, 0) is 29.0 Å². The Morgan fingerprint density at radius 1 is 0.912 bits per heavy atom. The molecule has 2 atom stereocenters. The highest BCUT2D eigenvalue weighted by molar-refractivity contribution is 6.31. The molecule has 34 heavy (non-hydrogen) atoms. The normalized spacial score (nSPS) is 12.6. The molecule has 0 aliphatic carbocycles. The van der Waals surface area contributed by atoms with E-state index in [4.69, 9.17) is 11.6 Å². The third-order valence-corrected chi connectivity index (χ3v) is 6.54. The number of nitrogens with zero attached hydrogens (tertiary/aromatic N) is 1. The Hall–Kier alpha value is -3.11. The van der Waals surface area contributed by atoms with E-state index in [0.29, 0.717) is 18.0 Å². The molecule has 0 saturated carbocycles. The van der Waals surface area contributed by atoms with E-state index in [1.165, 1.54) is 0 Å². The van der Waals surface area contributed by atoms with Crippen molar-refractivity contribution in [3.8, 4) is 0 Å². The number of rotatable bonds is 10. The SMILES string of the molecule is CCC(C)NC(=O)C(Cc1ccccc1)N(Cc1ccccc1C)C(=O)Cc1ccccc1Cl. The van der Waals surface area contributed by atoms with Crippen molar-refractivity contribution in [1.82, 2.24) is 10.2 Å². The molecule has 2 unspecified atom stereocenters.